The molecule has 1 aromatic carbocycles. The Morgan fingerprint density at radius 3 is 2.82 bits per heavy atom. The number of carbonyl (C=O) groups excluding carboxylic acids is 1. The van der Waals surface area contributed by atoms with E-state index >= 15 is 0 Å². The van der Waals surface area contributed by atoms with Crippen molar-refractivity contribution in [2.75, 3.05) is 23.3 Å². The van der Waals surface area contributed by atoms with Crippen LogP contribution in [0.25, 0.3) is 11.1 Å². The van der Waals surface area contributed by atoms with E-state index in [-0.39, 0.29) is 6.54 Å². The molecular formula is C19H22N6O3. The number of amides is 2. The Morgan fingerprint density at radius 1 is 1.25 bits per heavy atom. The predicted octanol–water partition coefficient (Wildman–Crippen LogP) is 2.15. The molecule has 0 aliphatic carbocycles. The summed E-state index contributed by atoms with van der Waals surface area (Å²) in [6.45, 7) is 4.11. The van der Waals surface area contributed by atoms with Crippen molar-refractivity contribution in [3.8, 4) is 0 Å². The maximum atomic E-state index is 12.3. The molecule has 0 unspecified atom stereocenters. The average molecular weight is 382 g/mol. The standard InChI is InChI=1S/C19H22N6O3/c1-12-10-13(22-17(21-12)25-8-3-4-9-25)11-20-18(26)23-14-6-5-7-15-16(14)28-19(27)24(15)2/h5-7,10H,3-4,8-9,11H2,1-2H3,(H2,20,23,26). The van der Waals surface area contributed by atoms with Crippen molar-refractivity contribution in [1.82, 2.24) is 19.9 Å². The van der Waals surface area contributed by atoms with E-state index in [1.165, 1.54) is 4.57 Å². The van der Waals surface area contributed by atoms with Crippen LogP contribution in [-0.2, 0) is 13.6 Å². The Hall–Kier alpha value is -3.36. The third-order valence-electron chi connectivity index (χ3n) is 4.78. The molecule has 9 nitrogen and oxygen atoms in total. The summed E-state index contributed by atoms with van der Waals surface area (Å²) in [5.41, 5.74) is 3.01. The number of urea groups is 1. The summed E-state index contributed by atoms with van der Waals surface area (Å²) < 4.78 is 6.61. The lowest BCUT2D eigenvalue weighted by Gasteiger charge is -2.16. The number of anilines is 2. The minimum Gasteiger partial charge on any atom is -0.405 e. The Balaban J connectivity index is 1.45. The zero-order valence-electron chi connectivity index (χ0n) is 15.9. The highest BCUT2D eigenvalue weighted by Gasteiger charge is 2.16. The summed E-state index contributed by atoms with van der Waals surface area (Å²) in [5, 5.41) is 5.52. The van der Waals surface area contributed by atoms with Gasteiger partial charge in [-0.2, -0.15) is 0 Å². The second-order valence-corrected chi connectivity index (χ2v) is 6.88. The molecule has 0 atom stereocenters. The van der Waals surface area contributed by atoms with E-state index < -0.39 is 11.8 Å². The molecule has 0 spiro atoms. The van der Waals surface area contributed by atoms with E-state index in [9.17, 15) is 9.59 Å². The summed E-state index contributed by atoms with van der Waals surface area (Å²) in [6.07, 6.45) is 2.29. The van der Waals surface area contributed by atoms with Crippen LogP contribution in [0.5, 0.6) is 0 Å². The molecule has 4 rings (SSSR count). The van der Waals surface area contributed by atoms with Gasteiger partial charge in [-0.05, 0) is 38.0 Å². The van der Waals surface area contributed by atoms with Gasteiger partial charge in [0.05, 0.1) is 23.4 Å². The third kappa shape index (κ3) is 3.55. The van der Waals surface area contributed by atoms with Crippen LogP contribution >= 0.6 is 0 Å². The Kier molecular flexibility index (Phi) is 4.72. The molecule has 1 aliphatic rings. The van der Waals surface area contributed by atoms with Gasteiger partial charge in [0, 0.05) is 25.8 Å². The van der Waals surface area contributed by atoms with Gasteiger partial charge in [0.15, 0.2) is 5.58 Å². The van der Waals surface area contributed by atoms with Crippen LogP contribution in [-0.4, -0.2) is 33.7 Å². The third-order valence-corrected chi connectivity index (χ3v) is 4.78. The van der Waals surface area contributed by atoms with Gasteiger partial charge >= 0.3 is 11.8 Å². The molecule has 146 valence electrons. The van der Waals surface area contributed by atoms with E-state index in [1.807, 2.05) is 13.0 Å². The zero-order valence-corrected chi connectivity index (χ0v) is 15.9. The first-order valence-corrected chi connectivity index (χ1v) is 9.24. The molecule has 2 N–H and O–H groups in total. The number of nitrogens with one attached hydrogen (secondary N) is 2. The number of hydrogen-bond donors (Lipinski definition) is 2. The molecule has 3 heterocycles. The number of benzene rings is 1. The number of aryl methyl sites for hydroxylation is 2. The minimum absolute atomic E-state index is 0.269. The zero-order chi connectivity index (χ0) is 19.7. The van der Waals surface area contributed by atoms with Crippen LogP contribution in [0.15, 0.2) is 33.5 Å². The first kappa shape index (κ1) is 18.0. The van der Waals surface area contributed by atoms with Crippen molar-refractivity contribution in [1.29, 1.82) is 0 Å². The monoisotopic (exact) mass is 382 g/mol. The second kappa shape index (κ2) is 7.34. The van der Waals surface area contributed by atoms with Gasteiger partial charge in [0.1, 0.15) is 0 Å². The molecule has 2 amide bonds. The number of para-hydroxylation sites is 1. The van der Waals surface area contributed by atoms with Crippen molar-refractivity contribution in [3.63, 3.8) is 0 Å². The van der Waals surface area contributed by atoms with Crippen LogP contribution in [0, 0.1) is 6.92 Å². The molecule has 9 heteroatoms. The highest BCUT2D eigenvalue weighted by molar-refractivity contribution is 5.97. The van der Waals surface area contributed by atoms with Crippen LogP contribution in [0.2, 0.25) is 0 Å². The van der Waals surface area contributed by atoms with Crippen molar-refractivity contribution in [2.24, 2.45) is 7.05 Å². The van der Waals surface area contributed by atoms with Crippen molar-refractivity contribution in [2.45, 2.75) is 26.3 Å². The van der Waals surface area contributed by atoms with Crippen molar-refractivity contribution < 1.29 is 9.21 Å². The van der Waals surface area contributed by atoms with Gasteiger partial charge in [-0.1, -0.05) is 6.07 Å². The lowest BCUT2D eigenvalue weighted by Crippen LogP contribution is -2.29. The lowest BCUT2D eigenvalue weighted by molar-refractivity contribution is 0.251. The number of nitrogens with zero attached hydrogens (tertiary/aromatic N) is 4. The fraction of sp³-hybridized carbons (Fsp3) is 0.368. The topological polar surface area (TPSA) is 105 Å². The summed E-state index contributed by atoms with van der Waals surface area (Å²) in [5.74, 6) is 0.237. The number of oxazole rings is 1. The number of aromatic nitrogens is 3. The van der Waals surface area contributed by atoms with E-state index in [2.05, 4.69) is 25.5 Å². The van der Waals surface area contributed by atoms with E-state index in [1.54, 1.807) is 25.2 Å². The van der Waals surface area contributed by atoms with Gasteiger partial charge in [-0.25, -0.2) is 19.6 Å². The molecular weight excluding hydrogens is 360 g/mol. The molecule has 2 aromatic heterocycles. The Bertz CT molecular complexity index is 1080. The van der Waals surface area contributed by atoms with Crippen LogP contribution in [0.1, 0.15) is 24.2 Å². The maximum absolute atomic E-state index is 12.3. The average Bonchev–Trinajstić information content (AvgIpc) is 3.30. The van der Waals surface area contributed by atoms with E-state index in [4.69, 9.17) is 4.42 Å². The summed E-state index contributed by atoms with van der Waals surface area (Å²) >= 11 is 0. The Labute approximate surface area is 161 Å². The number of carbonyl (C=O) groups is 1. The second-order valence-electron chi connectivity index (χ2n) is 6.88. The molecule has 1 saturated heterocycles. The molecule has 1 aliphatic heterocycles. The molecule has 3 aromatic rings. The van der Waals surface area contributed by atoms with E-state index in [0.717, 1.165) is 37.3 Å². The SMILES string of the molecule is Cc1cc(CNC(=O)Nc2cccc3c2oc(=O)n3C)nc(N2CCCC2)n1. The summed E-state index contributed by atoms with van der Waals surface area (Å²) in [4.78, 5) is 35.3. The molecule has 0 bridgehead atoms. The van der Waals surface area contributed by atoms with E-state index in [0.29, 0.717) is 22.7 Å². The van der Waals surface area contributed by atoms with Gasteiger partial charge in [0.25, 0.3) is 0 Å². The molecule has 28 heavy (non-hydrogen) atoms. The normalized spacial score (nSPS) is 13.9. The predicted molar refractivity (Wildman–Crippen MR) is 106 cm³/mol. The number of fused-ring (bicyclic) bond motifs is 1. The highest BCUT2D eigenvalue weighted by Crippen LogP contribution is 2.22. The van der Waals surface area contributed by atoms with Crippen LogP contribution < -0.4 is 21.3 Å². The number of hydrogen-bond acceptors (Lipinski definition) is 6. The van der Waals surface area contributed by atoms with Crippen LogP contribution in [0.4, 0.5) is 16.4 Å². The van der Waals surface area contributed by atoms with Gasteiger partial charge in [-0.3, -0.25) is 4.57 Å². The largest absolute Gasteiger partial charge is 0.419 e. The lowest BCUT2D eigenvalue weighted by atomic mass is 10.3. The summed E-state index contributed by atoms with van der Waals surface area (Å²) in [7, 11) is 1.62. The Morgan fingerprint density at radius 2 is 2.04 bits per heavy atom. The number of rotatable bonds is 4. The minimum atomic E-state index is -0.476. The smallest absolute Gasteiger partial charge is 0.405 e. The molecule has 0 radical (unpaired) electrons. The van der Waals surface area contributed by atoms with Crippen molar-refractivity contribution >= 4 is 28.8 Å². The van der Waals surface area contributed by atoms with Crippen LogP contribution in [0.3, 0.4) is 0 Å². The van der Waals surface area contributed by atoms with Gasteiger partial charge in [-0.15, -0.1) is 0 Å². The highest BCUT2D eigenvalue weighted by atomic mass is 16.4. The first-order valence-electron chi connectivity index (χ1n) is 9.24. The maximum Gasteiger partial charge on any atom is 0.419 e. The quantitative estimate of drug-likeness (QED) is 0.716. The first-order chi connectivity index (χ1) is 13.5. The molecule has 0 saturated carbocycles. The molecule has 1 fully saturated rings. The summed E-state index contributed by atoms with van der Waals surface area (Å²) in [6, 6.07) is 6.65. The fourth-order valence-electron chi connectivity index (χ4n) is 3.35. The van der Waals surface area contributed by atoms with Gasteiger partial charge in [0.2, 0.25) is 5.95 Å². The van der Waals surface area contributed by atoms with Crippen molar-refractivity contribution in [3.05, 3.63) is 46.2 Å². The van der Waals surface area contributed by atoms with Gasteiger partial charge < -0.3 is 20.0 Å². The fourth-order valence-corrected chi connectivity index (χ4v) is 3.35.